The molecular weight excluding hydrogens is 429 g/mol. The van der Waals surface area contributed by atoms with E-state index in [1.54, 1.807) is 28.4 Å². The number of carbonyl (C=O) groups is 2. The predicted octanol–water partition coefficient (Wildman–Crippen LogP) is 4.43. The van der Waals surface area contributed by atoms with E-state index in [-0.39, 0.29) is 17.9 Å². The van der Waals surface area contributed by atoms with Gasteiger partial charge in [-0.05, 0) is 48.9 Å². The number of hydrogen-bond donors (Lipinski definition) is 2. The van der Waals surface area contributed by atoms with Gasteiger partial charge in [0.1, 0.15) is 16.5 Å². The van der Waals surface area contributed by atoms with Gasteiger partial charge in [-0.25, -0.2) is 9.37 Å². The minimum atomic E-state index is -0.395. The number of anilines is 1. The molecule has 2 N–H and O–H groups in total. The van der Waals surface area contributed by atoms with Gasteiger partial charge >= 0.3 is 0 Å². The fraction of sp³-hybridized carbons (Fsp3) is 0.130. The van der Waals surface area contributed by atoms with E-state index < -0.39 is 5.82 Å². The lowest BCUT2D eigenvalue weighted by Crippen LogP contribution is -2.26. The Bertz CT molecular complexity index is 1250. The number of nitrogens with one attached hydrogen (secondary N) is 2. The van der Waals surface area contributed by atoms with Gasteiger partial charge in [-0.3, -0.25) is 14.3 Å². The summed E-state index contributed by atoms with van der Waals surface area (Å²) < 4.78 is 14.7. The molecule has 0 radical (unpaired) electrons. The number of aromatic nitrogens is 3. The van der Waals surface area contributed by atoms with Crippen LogP contribution in [0.2, 0.25) is 0 Å². The zero-order valence-corrected chi connectivity index (χ0v) is 18.2. The number of thiazole rings is 1. The summed E-state index contributed by atoms with van der Waals surface area (Å²) in [5.74, 6) is -0.988. The molecule has 2 heterocycles. The zero-order chi connectivity index (χ0) is 22.7. The lowest BCUT2D eigenvalue weighted by Gasteiger charge is -2.14. The molecule has 1 atom stereocenters. The standard InChI is InChI=1S/C23H20FN5O2S/c1-14(26-22(31)20-13-32-23(28-20)17-11-25-29(2)12-17)15-5-9-19(10-6-15)27-21(30)16-3-7-18(24)8-4-16/h3-14H,1-2H3,(H,26,31)(H,27,30). The topological polar surface area (TPSA) is 88.9 Å². The van der Waals surface area contributed by atoms with Crippen molar-refractivity contribution in [3.8, 4) is 10.6 Å². The van der Waals surface area contributed by atoms with Crippen LogP contribution in [0, 0.1) is 5.82 Å². The van der Waals surface area contributed by atoms with Gasteiger partial charge in [0.05, 0.1) is 12.2 Å². The fourth-order valence-electron chi connectivity index (χ4n) is 3.06. The summed E-state index contributed by atoms with van der Waals surface area (Å²) in [6, 6.07) is 12.2. The maximum atomic E-state index is 13.0. The molecule has 0 aliphatic carbocycles. The van der Waals surface area contributed by atoms with Crippen LogP contribution in [0.1, 0.15) is 39.4 Å². The van der Waals surface area contributed by atoms with Crippen molar-refractivity contribution >= 4 is 28.8 Å². The average Bonchev–Trinajstić information content (AvgIpc) is 3.44. The summed E-state index contributed by atoms with van der Waals surface area (Å²) in [6.07, 6.45) is 3.55. The minimum absolute atomic E-state index is 0.257. The first kappa shape index (κ1) is 21.4. The Kier molecular flexibility index (Phi) is 6.09. The quantitative estimate of drug-likeness (QED) is 0.456. The first-order valence-electron chi connectivity index (χ1n) is 9.81. The zero-order valence-electron chi connectivity index (χ0n) is 17.4. The van der Waals surface area contributed by atoms with Gasteiger partial charge in [0.15, 0.2) is 0 Å². The van der Waals surface area contributed by atoms with Gasteiger partial charge in [0.25, 0.3) is 11.8 Å². The average molecular weight is 450 g/mol. The van der Waals surface area contributed by atoms with Gasteiger partial charge < -0.3 is 10.6 Å². The molecule has 7 nitrogen and oxygen atoms in total. The Morgan fingerprint density at radius 3 is 2.44 bits per heavy atom. The Morgan fingerprint density at radius 2 is 1.78 bits per heavy atom. The molecule has 0 saturated carbocycles. The van der Waals surface area contributed by atoms with E-state index in [2.05, 4.69) is 20.7 Å². The van der Waals surface area contributed by atoms with Gasteiger partial charge in [-0.15, -0.1) is 11.3 Å². The highest BCUT2D eigenvalue weighted by molar-refractivity contribution is 7.13. The monoisotopic (exact) mass is 449 g/mol. The highest BCUT2D eigenvalue weighted by atomic mass is 32.1. The molecule has 0 spiro atoms. The molecule has 32 heavy (non-hydrogen) atoms. The molecule has 9 heteroatoms. The predicted molar refractivity (Wildman–Crippen MR) is 121 cm³/mol. The normalized spacial score (nSPS) is 11.7. The van der Waals surface area contributed by atoms with Crippen molar-refractivity contribution in [2.45, 2.75) is 13.0 Å². The van der Waals surface area contributed by atoms with Crippen molar-refractivity contribution in [2.75, 3.05) is 5.32 Å². The van der Waals surface area contributed by atoms with Gasteiger partial charge in [0, 0.05) is 35.4 Å². The smallest absolute Gasteiger partial charge is 0.271 e. The van der Waals surface area contributed by atoms with Crippen LogP contribution in [-0.2, 0) is 7.05 Å². The highest BCUT2D eigenvalue weighted by Gasteiger charge is 2.16. The molecule has 1 unspecified atom stereocenters. The van der Waals surface area contributed by atoms with E-state index in [1.165, 1.54) is 35.6 Å². The Hall–Kier alpha value is -3.85. The minimum Gasteiger partial charge on any atom is -0.344 e. The largest absolute Gasteiger partial charge is 0.344 e. The van der Waals surface area contributed by atoms with Gasteiger partial charge in [-0.1, -0.05) is 12.1 Å². The molecule has 0 saturated heterocycles. The molecule has 2 aromatic carbocycles. The lowest BCUT2D eigenvalue weighted by atomic mass is 10.1. The Labute approximate surface area is 187 Å². The van der Waals surface area contributed by atoms with E-state index in [9.17, 15) is 14.0 Å². The first-order valence-corrected chi connectivity index (χ1v) is 10.7. The van der Waals surface area contributed by atoms with Crippen LogP contribution in [0.5, 0.6) is 0 Å². The van der Waals surface area contributed by atoms with Crippen molar-refractivity contribution in [3.63, 3.8) is 0 Å². The molecule has 0 aliphatic heterocycles. The second kappa shape index (κ2) is 9.11. The van der Waals surface area contributed by atoms with Crippen LogP contribution in [-0.4, -0.2) is 26.6 Å². The summed E-state index contributed by atoms with van der Waals surface area (Å²) in [4.78, 5) is 29.3. The van der Waals surface area contributed by atoms with Crippen molar-refractivity contribution < 1.29 is 14.0 Å². The van der Waals surface area contributed by atoms with E-state index in [1.807, 2.05) is 32.3 Å². The maximum absolute atomic E-state index is 13.0. The van der Waals surface area contributed by atoms with Crippen LogP contribution < -0.4 is 10.6 Å². The van der Waals surface area contributed by atoms with E-state index in [0.29, 0.717) is 16.9 Å². The second-order valence-electron chi connectivity index (χ2n) is 7.22. The third-order valence-electron chi connectivity index (χ3n) is 4.81. The van der Waals surface area contributed by atoms with E-state index in [4.69, 9.17) is 0 Å². The number of carbonyl (C=O) groups excluding carboxylic acids is 2. The third-order valence-corrected chi connectivity index (χ3v) is 5.70. The number of benzene rings is 2. The number of amides is 2. The Balaban J connectivity index is 1.37. The van der Waals surface area contributed by atoms with E-state index >= 15 is 0 Å². The highest BCUT2D eigenvalue weighted by Crippen LogP contribution is 2.23. The number of halogens is 1. The number of aryl methyl sites for hydroxylation is 1. The molecule has 2 aromatic heterocycles. The maximum Gasteiger partial charge on any atom is 0.271 e. The number of nitrogens with zero attached hydrogens (tertiary/aromatic N) is 3. The molecule has 0 fully saturated rings. The number of hydrogen-bond acceptors (Lipinski definition) is 5. The summed E-state index contributed by atoms with van der Waals surface area (Å²) >= 11 is 1.39. The summed E-state index contributed by atoms with van der Waals surface area (Å²) in [5, 5.41) is 12.3. The van der Waals surface area contributed by atoms with E-state index in [0.717, 1.165) is 16.1 Å². The van der Waals surface area contributed by atoms with Gasteiger partial charge in [-0.2, -0.15) is 5.10 Å². The summed E-state index contributed by atoms with van der Waals surface area (Å²) in [5.41, 5.74) is 3.06. The van der Waals surface area contributed by atoms with Crippen LogP contribution in [0.15, 0.2) is 66.3 Å². The van der Waals surface area contributed by atoms with Crippen molar-refractivity contribution in [3.05, 3.63) is 88.9 Å². The van der Waals surface area contributed by atoms with Crippen LogP contribution in [0.25, 0.3) is 10.6 Å². The first-order chi connectivity index (χ1) is 15.4. The molecular formula is C23H20FN5O2S. The summed E-state index contributed by atoms with van der Waals surface area (Å²) in [7, 11) is 1.83. The summed E-state index contributed by atoms with van der Waals surface area (Å²) in [6.45, 7) is 1.87. The van der Waals surface area contributed by atoms with Crippen LogP contribution >= 0.6 is 11.3 Å². The van der Waals surface area contributed by atoms with Crippen molar-refractivity contribution in [1.82, 2.24) is 20.1 Å². The molecule has 162 valence electrons. The molecule has 4 rings (SSSR count). The molecule has 0 bridgehead atoms. The lowest BCUT2D eigenvalue weighted by molar-refractivity contribution is 0.0935. The second-order valence-corrected chi connectivity index (χ2v) is 8.08. The van der Waals surface area contributed by atoms with Crippen molar-refractivity contribution in [1.29, 1.82) is 0 Å². The van der Waals surface area contributed by atoms with Gasteiger partial charge in [0.2, 0.25) is 0 Å². The van der Waals surface area contributed by atoms with Crippen molar-refractivity contribution in [2.24, 2.45) is 7.05 Å². The molecule has 4 aromatic rings. The Morgan fingerprint density at radius 1 is 1.06 bits per heavy atom. The number of rotatable bonds is 6. The SMILES string of the molecule is CC(NC(=O)c1csc(-c2cnn(C)c2)n1)c1ccc(NC(=O)c2ccc(F)cc2)cc1. The van der Waals surface area contributed by atoms with Crippen LogP contribution in [0.3, 0.4) is 0 Å². The van der Waals surface area contributed by atoms with Crippen LogP contribution in [0.4, 0.5) is 10.1 Å². The fourth-order valence-corrected chi connectivity index (χ4v) is 3.83. The third kappa shape index (κ3) is 4.89. The molecule has 2 amide bonds. The molecule has 0 aliphatic rings.